The summed E-state index contributed by atoms with van der Waals surface area (Å²) >= 11 is 6.22. The van der Waals surface area contributed by atoms with E-state index in [1.807, 2.05) is 0 Å². The van der Waals surface area contributed by atoms with Gasteiger partial charge in [-0.15, -0.1) is 0 Å². The lowest BCUT2D eigenvalue weighted by Gasteiger charge is -2.16. The van der Waals surface area contributed by atoms with E-state index in [1.165, 1.54) is 43.4 Å². The Morgan fingerprint density at radius 3 is 2.44 bits per heavy atom. The second-order valence-electron chi connectivity index (χ2n) is 7.25. The van der Waals surface area contributed by atoms with Crippen LogP contribution < -0.4 is 16.0 Å². The molecule has 0 aliphatic rings. The van der Waals surface area contributed by atoms with E-state index in [0.29, 0.717) is 17.2 Å². The lowest BCUT2D eigenvalue weighted by molar-refractivity contribution is -0.138. The second-order valence-corrected chi connectivity index (χ2v) is 7.66. The van der Waals surface area contributed by atoms with Crippen molar-refractivity contribution >= 4 is 11.6 Å². The highest BCUT2D eigenvalue weighted by molar-refractivity contribution is 6.32. The molecule has 12 heteroatoms. The number of aromatic nitrogens is 4. The smallest absolute Gasteiger partial charge is 0.420 e. The van der Waals surface area contributed by atoms with Gasteiger partial charge in [-0.3, -0.25) is 9.36 Å². The number of ether oxygens (including phenoxy) is 1. The number of H-pyrrole nitrogens is 1. The minimum absolute atomic E-state index is 0.0839. The van der Waals surface area contributed by atoms with Gasteiger partial charge < -0.3 is 9.30 Å². The lowest BCUT2D eigenvalue weighted by atomic mass is 10.1. The van der Waals surface area contributed by atoms with Crippen molar-refractivity contribution in [3.63, 3.8) is 0 Å². The number of benzene rings is 2. The summed E-state index contributed by atoms with van der Waals surface area (Å²) in [6.07, 6.45) is -3.95. The zero-order chi connectivity index (χ0) is 24.6. The van der Waals surface area contributed by atoms with Gasteiger partial charge in [-0.2, -0.15) is 18.3 Å². The maximum absolute atomic E-state index is 13.6. The van der Waals surface area contributed by atoms with Gasteiger partial charge in [0.25, 0.3) is 5.56 Å². The van der Waals surface area contributed by atoms with E-state index in [4.69, 9.17) is 16.3 Å². The number of rotatable bonds is 5. The normalized spacial score (nSPS) is 11.6. The number of hydrogen-bond donors (Lipinski definition) is 1. The lowest BCUT2D eigenvalue weighted by Crippen LogP contribution is -2.26. The largest absolute Gasteiger partial charge is 0.449 e. The van der Waals surface area contributed by atoms with Crippen molar-refractivity contribution in [2.75, 3.05) is 0 Å². The minimum Gasteiger partial charge on any atom is -0.449 e. The van der Waals surface area contributed by atoms with Crippen LogP contribution in [-0.2, 0) is 19.8 Å². The maximum atomic E-state index is 13.6. The fraction of sp³-hybridized carbons (Fsp3) is 0.136. The van der Waals surface area contributed by atoms with Gasteiger partial charge in [-0.1, -0.05) is 29.8 Å². The molecule has 0 radical (unpaired) electrons. The first-order chi connectivity index (χ1) is 16.0. The molecular formula is C22H15ClF4N4O3. The van der Waals surface area contributed by atoms with E-state index in [2.05, 4.69) is 10.2 Å². The molecule has 2 aromatic heterocycles. The van der Waals surface area contributed by atoms with Crippen LogP contribution in [0.5, 0.6) is 11.5 Å². The summed E-state index contributed by atoms with van der Waals surface area (Å²) in [4.78, 5) is 24.5. The Balaban J connectivity index is 1.74. The summed E-state index contributed by atoms with van der Waals surface area (Å²) in [5, 5.41) is 5.85. The van der Waals surface area contributed by atoms with Gasteiger partial charge >= 0.3 is 11.9 Å². The van der Waals surface area contributed by atoms with Crippen molar-refractivity contribution in [1.29, 1.82) is 0 Å². The Kier molecular flexibility index (Phi) is 6.05. The van der Waals surface area contributed by atoms with Crippen molar-refractivity contribution in [3.05, 3.63) is 97.8 Å². The van der Waals surface area contributed by atoms with Crippen LogP contribution in [0.15, 0.2) is 64.3 Å². The summed E-state index contributed by atoms with van der Waals surface area (Å²) in [5.74, 6) is -1.54. The molecule has 34 heavy (non-hydrogen) atoms. The number of halogens is 5. The average molecular weight is 495 g/mol. The van der Waals surface area contributed by atoms with Crippen LogP contribution in [0.2, 0.25) is 5.02 Å². The second kappa shape index (κ2) is 8.82. The fourth-order valence-corrected chi connectivity index (χ4v) is 3.43. The molecule has 176 valence electrons. The molecule has 0 fully saturated rings. The third-order valence-corrected chi connectivity index (χ3v) is 5.31. The van der Waals surface area contributed by atoms with E-state index >= 15 is 0 Å². The summed E-state index contributed by atoms with van der Waals surface area (Å²) < 4.78 is 61.8. The molecule has 0 saturated heterocycles. The molecule has 7 nitrogen and oxygen atoms in total. The zero-order valence-electron chi connectivity index (χ0n) is 17.4. The molecular weight excluding hydrogens is 480 g/mol. The molecule has 0 amide bonds. The first-order valence-electron chi connectivity index (χ1n) is 9.69. The number of aromatic amines is 1. The SMILES string of the molecule is Cn1c(Cn2ccc(C(F)(F)F)c(Oc3ccc(-c4cccc(F)c4)cc3Cl)c2=O)n[nH]c1=O. The molecule has 0 aliphatic carbocycles. The van der Waals surface area contributed by atoms with Crippen LogP contribution in [-0.4, -0.2) is 19.3 Å². The molecule has 0 atom stereocenters. The van der Waals surface area contributed by atoms with Gasteiger partial charge in [0.05, 0.1) is 11.6 Å². The molecule has 1 N–H and O–H groups in total. The number of hydrogen-bond acceptors (Lipinski definition) is 4. The Morgan fingerprint density at radius 1 is 1.09 bits per heavy atom. The standard InChI is InChI=1S/C22H15ClF4N4O3/c1-30-18(28-29-21(30)33)11-31-8-7-15(22(25,26)27)19(20(31)32)34-17-6-5-13(10-16(17)23)12-3-2-4-14(24)9-12/h2-10H,11H2,1H3,(H,29,33). The van der Waals surface area contributed by atoms with Crippen LogP contribution in [0.25, 0.3) is 11.1 Å². The third-order valence-electron chi connectivity index (χ3n) is 5.01. The monoisotopic (exact) mass is 494 g/mol. The highest BCUT2D eigenvalue weighted by atomic mass is 35.5. The summed E-state index contributed by atoms with van der Waals surface area (Å²) in [7, 11) is 1.40. The number of pyridine rings is 1. The Bertz CT molecular complexity index is 1490. The molecule has 4 aromatic rings. The van der Waals surface area contributed by atoms with E-state index in [1.54, 1.807) is 6.07 Å². The Labute approximate surface area is 193 Å². The maximum Gasteiger partial charge on any atom is 0.420 e. The molecule has 0 spiro atoms. The molecule has 2 aromatic carbocycles. The number of nitrogens with one attached hydrogen (secondary N) is 1. The average Bonchev–Trinajstić information content (AvgIpc) is 3.09. The van der Waals surface area contributed by atoms with Crippen LogP contribution in [0, 0.1) is 5.82 Å². The number of nitrogens with zero attached hydrogens (tertiary/aromatic N) is 3. The van der Waals surface area contributed by atoms with Crippen LogP contribution in [0.3, 0.4) is 0 Å². The highest BCUT2D eigenvalue weighted by Crippen LogP contribution is 2.38. The van der Waals surface area contributed by atoms with Gasteiger partial charge in [0.2, 0.25) is 5.75 Å². The van der Waals surface area contributed by atoms with Gasteiger partial charge in [0.15, 0.2) is 5.82 Å². The summed E-state index contributed by atoms with van der Waals surface area (Å²) in [6.45, 7) is -0.283. The molecule has 2 heterocycles. The van der Waals surface area contributed by atoms with Crippen molar-refractivity contribution in [2.45, 2.75) is 12.7 Å². The first kappa shape index (κ1) is 23.3. The molecule has 4 rings (SSSR count). The predicted octanol–water partition coefficient (Wildman–Crippen LogP) is 4.59. The van der Waals surface area contributed by atoms with Crippen molar-refractivity contribution in [3.8, 4) is 22.6 Å². The van der Waals surface area contributed by atoms with Crippen molar-refractivity contribution in [2.24, 2.45) is 7.05 Å². The van der Waals surface area contributed by atoms with Gasteiger partial charge in [0.1, 0.15) is 17.1 Å². The van der Waals surface area contributed by atoms with Gasteiger partial charge in [0, 0.05) is 13.2 Å². The molecule has 0 unspecified atom stereocenters. The molecule has 0 bridgehead atoms. The third kappa shape index (κ3) is 4.60. The van der Waals surface area contributed by atoms with Crippen molar-refractivity contribution < 1.29 is 22.3 Å². The Morgan fingerprint density at radius 2 is 1.82 bits per heavy atom. The van der Waals surface area contributed by atoms with Crippen LogP contribution >= 0.6 is 11.6 Å². The summed E-state index contributed by atoms with van der Waals surface area (Å²) in [5.41, 5.74) is -1.95. The van der Waals surface area contributed by atoms with E-state index in [-0.39, 0.29) is 23.1 Å². The van der Waals surface area contributed by atoms with E-state index in [9.17, 15) is 27.2 Å². The molecule has 0 saturated carbocycles. The topological polar surface area (TPSA) is 81.9 Å². The van der Waals surface area contributed by atoms with Crippen molar-refractivity contribution in [1.82, 2.24) is 19.3 Å². The minimum atomic E-state index is -4.89. The first-order valence-corrected chi connectivity index (χ1v) is 10.1. The summed E-state index contributed by atoms with van der Waals surface area (Å²) in [6, 6.07) is 10.5. The van der Waals surface area contributed by atoms with Crippen LogP contribution in [0.1, 0.15) is 11.4 Å². The van der Waals surface area contributed by atoms with Gasteiger partial charge in [-0.25, -0.2) is 14.3 Å². The zero-order valence-corrected chi connectivity index (χ0v) is 18.1. The van der Waals surface area contributed by atoms with Crippen LogP contribution in [0.4, 0.5) is 17.6 Å². The molecule has 0 aliphatic heterocycles. The predicted molar refractivity (Wildman–Crippen MR) is 116 cm³/mol. The van der Waals surface area contributed by atoms with E-state index < -0.39 is 34.6 Å². The highest BCUT2D eigenvalue weighted by Gasteiger charge is 2.36. The van der Waals surface area contributed by atoms with Gasteiger partial charge in [-0.05, 0) is 41.5 Å². The quantitative estimate of drug-likeness (QED) is 0.411. The van der Waals surface area contributed by atoms with E-state index in [0.717, 1.165) is 15.3 Å². The number of alkyl halides is 3. The fourth-order valence-electron chi connectivity index (χ4n) is 3.21. The Hall–Kier alpha value is -3.86.